The molecule has 4 rings (SSSR count). The van der Waals surface area contributed by atoms with Crippen molar-refractivity contribution < 1.29 is 8.42 Å². The number of piperidine rings is 1. The van der Waals surface area contributed by atoms with Crippen molar-refractivity contribution in [1.82, 2.24) is 9.88 Å². The highest BCUT2D eigenvalue weighted by Gasteiger charge is 2.31. The van der Waals surface area contributed by atoms with Gasteiger partial charge in [0.25, 0.3) is 10.0 Å². The second-order valence-corrected chi connectivity index (χ2v) is 9.10. The first-order valence-corrected chi connectivity index (χ1v) is 10.9. The van der Waals surface area contributed by atoms with Gasteiger partial charge >= 0.3 is 0 Å². The lowest BCUT2D eigenvalue weighted by Crippen LogP contribution is -2.41. The largest absolute Gasteiger partial charge is 0.362 e. The van der Waals surface area contributed by atoms with Gasteiger partial charge in [0.1, 0.15) is 16.5 Å². The van der Waals surface area contributed by atoms with Gasteiger partial charge in [0.15, 0.2) is 0 Å². The summed E-state index contributed by atoms with van der Waals surface area (Å²) in [5.41, 5.74) is 1.79. The molecule has 3 heterocycles. The first-order chi connectivity index (χ1) is 13.4. The van der Waals surface area contributed by atoms with Crippen molar-refractivity contribution in [2.75, 3.05) is 37.4 Å². The monoisotopic (exact) mass is 399 g/mol. The molecule has 1 atom stereocenters. The number of pyridine rings is 1. The summed E-state index contributed by atoms with van der Waals surface area (Å²) in [5, 5.41) is 3.26. The Hall–Kier alpha value is -2.45. The molecule has 0 aliphatic carbocycles. The standard InChI is InChI=1S/C20H25N5O2S/c1-24(2)20-16(7-5-11-21-20)14-25-12-6-8-15(13-25)19-22-17-9-3-4-10-18(17)28(26,27)23-19/h3-5,7,9-11,15H,6,8,12-14H2,1-2H3,(H,22,23). The number of hydrogen-bond donors (Lipinski definition) is 1. The zero-order chi connectivity index (χ0) is 19.7. The molecule has 7 nitrogen and oxygen atoms in total. The average molecular weight is 400 g/mol. The highest BCUT2D eigenvalue weighted by Crippen LogP contribution is 2.30. The van der Waals surface area contributed by atoms with Gasteiger partial charge in [-0.15, -0.1) is 4.40 Å². The Balaban J connectivity index is 1.53. The predicted octanol–water partition coefficient (Wildman–Crippen LogP) is 2.57. The molecule has 1 fully saturated rings. The number of likely N-dealkylation sites (tertiary alicyclic amines) is 1. The van der Waals surface area contributed by atoms with E-state index >= 15 is 0 Å². The zero-order valence-electron chi connectivity index (χ0n) is 16.2. The molecule has 0 radical (unpaired) electrons. The lowest BCUT2D eigenvalue weighted by molar-refractivity contribution is 0.196. The fourth-order valence-electron chi connectivity index (χ4n) is 3.93. The summed E-state index contributed by atoms with van der Waals surface area (Å²) >= 11 is 0. The van der Waals surface area contributed by atoms with E-state index in [1.165, 1.54) is 5.56 Å². The summed E-state index contributed by atoms with van der Waals surface area (Å²) in [7, 11) is 0.343. The number of fused-ring (bicyclic) bond motifs is 1. The fourth-order valence-corrected chi connectivity index (χ4v) is 5.13. The third-order valence-corrected chi connectivity index (χ3v) is 6.57. The van der Waals surface area contributed by atoms with E-state index in [4.69, 9.17) is 0 Å². The topological polar surface area (TPSA) is 77.9 Å². The molecule has 0 saturated carbocycles. The Morgan fingerprint density at radius 1 is 1.21 bits per heavy atom. The van der Waals surface area contributed by atoms with E-state index in [-0.39, 0.29) is 10.8 Å². The number of para-hydroxylation sites is 1. The first kappa shape index (κ1) is 18.9. The van der Waals surface area contributed by atoms with Gasteiger partial charge in [0, 0.05) is 44.9 Å². The van der Waals surface area contributed by atoms with Crippen molar-refractivity contribution in [3.05, 3.63) is 48.2 Å². The van der Waals surface area contributed by atoms with Gasteiger partial charge < -0.3 is 10.2 Å². The van der Waals surface area contributed by atoms with Gasteiger partial charge in [-0.2, -0.15) is 8.42 Å². The van der Waals surface area contributed by atoms with Crippen LogP contribution in [0.1, 0.15) is 18.4 Å². The number of aromatic nitrogens is 1. The SMILES string of the molecule is CN(C)c1ncccc1CN1CCCC(C2=NS(=O)(=O)c3ccccc3N2)C1. The molecule has 0 spiro atoms. The third-order valence-electron chi connectivity index (χ3n) is 5.22. The van der Waals surface area contributed by atoms with Gasteiger partial charge in [-0.3, -0.25) is 4.90 Å². The summed E-state index contributed by atoms with van der Waals surface area (Å²) in [6, 6.07) is 11.0. The molecule has 0 amide bonds. The first-order valence-electron chi connectivity index (χ1n) is 9.48. The molecule has 1 unspecified atom stereocenters. The van der Waals surface area contributed by atoms with E-state index in [0.717, 1.165) is 38.3 Å². The molecule has 0 bridgehead atoms. The van der Waals surface area contributed by atoms with Crippen LogP contribution in [0.2, 0.25) is 0 Å². The highest BCUT2D eigenvalue weighted by molar-refractivity contribution is 7.90. The van der Waals surface area contributed by atoms with Crippen molar-refractivity contribution in [3.8, 4) is 0 Å². The predicted molar refractivity (Wildman–Crippen MR) is 111 cm³/mol. The van der Waals surface area contributed by atoms with Crippen LogP contribution >= 0.6 is 0 Å². The zero-order valence-corrected chi connectivity index (χ0v) is 17.0. The molecule has 28 heavy (non-hydrogen) atoms. The maximum Gasteiger partial charge on any atom is 0.286 e. The van der Waals surface area contributed by atoms with Crippen molar-refractivity contribution in [2.45, 2.75) is 24.3 Å². The second-order valence-electron chi connectivity index (χ2n) is 7.53. The average Bonchev–Trinajstić information content (AvgIpc) is 2.68. The summed E-state index contributed by atoms with van der Waals surface area (Å²) < 4.78 is 29.2. The molecule has 148 valence electrons. The summed E-state index contributed by atoms with van der Waals surface area (Å²) in [5.74, 6) is 1.59. The lowest BCUT2D eigenvalue weighted by atomic mass is 9.96. The van der Waals surface area contributed by atoms with Crippen LogP contribution in [-0.2, 0) is 16.6 Å². The molecule has 8 heteroatoms. The molecule has 2 aliphatic heterocycles. The number of nitrogens with one attached hydrogen (secondary N) is 1. The van der Waals surface area contributed by atoms with Gasteiger partial charge in [-0.1, -0.05) is 18.2 Å². The minimum Gasteiger partial charge on any atom is -0.362 e. The fraction of sp³-hybridized carbons (Fsp3) is 0.400. The van der Waals surface area contributed by atoms with Crippen LogP contribution in [0.3, 0.4) is 0 Å². The molecule has 1 aromatic heterocycles. The van der Waals surface area contributed by atoms with E-state index in [1.807, 2.05) is 31.1 Å². The summed E-state index contributed by atoms with van der Waals surface area (Å²) in [6.45, 7) is 2.54. The number of anilines is 2. The van der Waals surface area contributed by atoms with Crippen LogP contribution < -0.4 is 10.2 Å². The van der Waals surface area contributed by atoms with Crippen LogP contribution in [0.15, 0.2) is 51.9 Å². The molecule has 1 saturated heterocycles. The molecular formula is C20H25N5O2S. The van der Waals surface area contributed by atoms with Gasteiger partial charge in [0.2, 0.25) is 0 Å². The van der Waals surface area contributed by atoms with E-state index in [9.17, 15) is 8.42 Å². The molecule has 2 aromatic rings. The molecule has 2 aliphatic rings. The quantitative estimate of drug-likeness (QED) is 0.851. The maximum absolute atomic E-state index is 12.6. The number of rotatable bonds is 4. The van der Waals surface area contributed by atoms with Gasteiger partial charge in [-0.05, 0) is 37.6 Å². The van der Waals surface area contributed by atoms with E-state index in [0.29, 0.717) is 11.5 Å². The summed E-state index contributed by atoms with van der Waals surface area (Å²) in [6.07, 6.45) is 3.74. The normalized spacial score (nSPS) is 21.4. The van der Waals surface area contributed by atoms with Crippen LogP contribution in [0.4, 0.5) is 11.5 Å². The van der Waals surface area contributed by atoms with Crippen molar-refractivity contribution >= 4 is 27.4 Å². The third kappa shape index (κ3) is 3.74. The van der Waals surface area contributed by atoms with Crippen molar-refractivity contribution in [2.24, 2.45) is 10.3 Å². The van der Waals surface area contributed by atoms with Crippen LogP contribution in [0, 0.1) is 5.92 Å². The van der Waals surface area contributed by atoms with Gasteiger partial charge in [0.05, 0.1) is 5.69 Å². The van der Waals surface area contributed by atoms with Crippen LogP contribution in [0.25, 0.3) is 0 Å². The maximum atomic E-state index is 12.6. The molecular weight excluding hydrogens is 374 g/mol. The minimum atomic E-state index is -3.64. The van der Waals surface area contributed by atoms with Crippen LogP contribution in [0.5, 0.6) is 0 Å². The highest BCUT2D eigenvalue weighted by atomic mass is 32.2. The lowest BCUT2D eigenvalue weighted by Gasteiger charge is -2.35. The van der Waals surface area contributed by atoms with Crippen molar-refractivity contribution in [3.63, 3.8) is 0 Å². The number of hydrogen-bond acceptors (Lipinski definition) is 6. The number of amidine groups is 1. The minimum absolute atomic E-state index is 0.0661. The Labute approximate surface area is 166 Å². The number of sulfonamides is 1. The van der Waals surface area contributed by atoms with E-state index in [1.54, 1.807) is 24.4 Å². The number of benzene rings is 1. The Bertz CT molecular complexity index is 1000. The van der Waals surface area contributed by atoms with E-state index < -0.39 is 10.0 Å². The molecule has 1 aromatic carbocycles. The van der Waals surface area contributed by atoms with Crippen molar-refractivity contribution in [1.29, 1.82) is 0 Å². The second kappa shape index (κ2) is 7.52. The van der Waals surface area contributed by atoms with E-state index in [2.05, 4.69) is 25.7 Å². The summed E-state index contributed by atoms with van der Waals surface area (Å²) in [4.78, 5) is 9.11. The van der Waals surface area contributed by atoms with Crippen LogP contribution in [-0.4, -0.2) is 51.3 Å². The smallest absolute Gasteiger partial charge is 0.286 e. The number of nitrogens with zero attached hydrogens (tertiary/aromatic N) is 4. The Morgan fingerprint density at radius 3 is 2.86 bits per heavy atom. The van der Waals surface area contributed by atoms with Gasteiger partial charge in [-0.25, -0.2) is 4.98 Å². The Kier molecular flexibility index (Phi) is 5.07. The Morgan fingerprint density at radius 2 is 2.04 bits per heavy atom. The molecule has 1 N–H and O–H groups in total.